The smallest absolute Gasteiger partial charge is 0.442 e. The van der Waals surface area contributed by atoms with Crippen molar-refractivity contribution in [3.05, 3.63) is 41.6 Å². The highest BCUT2D eigenvalue weighted by Gasteiger charge is 2.61. The Kier molecular flexibility index (Phi) is 5.08. The molecule has 0 saturated heterocycles. The van der Waals surface area contributed by atoms with Crippen LogP contribution in [0.3, 0.4) is 0 Å². The number of methoxy groups -OCH3 is 1. The third-order valence-corrected chi connectivity index (χ3v) is 3.73. The molecule has 0 radical (unpaired) electrons. The predicted molar refractivity (Wildman–Crippen MR) is 80.9 cm³/mol. The second-order valence-electron chi connectivity index (χ2n) is 5.48. The summed E-state index contributed by atoms with van der Waals surface area (Å²) >= 11 is 0. The first-order chi connectivity index (χ1) is 11.2. The van der Waals surface area contributed by atoms with E-state index in [1.54, 1.807) is 0 Å². The summed E-state index contributed by atoms with van der Waals surface area (Å²) in [6.07, 6.45) is -2.66. The number of unbranched alkanes of at least 4 members (excludes halogenated alkanes) is 1. The molecule has 1 aliphatic heterocycles. The number of aliphatic hydroxyl groups is 1. The van der Waals surface area contributed by atoms with Crippen LogP contribution in [-0.4, -0.2) is 35.0 Å². The molecule has 5 nitrogen and oxygen atoms in total. The summed E-state index contributed by atoms with van der Waals surface area (Å²) in [5.41, 5.74) is -0.827. The third kappa shape index (κ3) is 3.33. The van der Waals surface area contributed by atoms with Crippen molar-refractivity contribution in [3.8, 4) is 5.75 Å². The van der Waals surface area contributed by atoms with Gasteiger partial charge in [0.15, 0.2) is 0 Å². The predicted octanol–water partition coefficient (Wildman–Crippen LogP) is 2.98. The number of rotatable bonds is 5. The molecule has 0 fully saturated rings. The van der Waals surface area contributed by atoms with Crippen molar-refractivity contribution in [3.63, 3.8) is 0 Å². The number of ether oxygens (including phenoxy) is 1. The highest BCUT2D eigenvalue weighted by molar-refractivity contribution is 5.95. The fourth-order valence-corrected chi connectivity index (χ4v) is 2.34. The normalized spacial score (nSPS) is 20.6. The van der Waals surface area contributed by atoms with E-state index in [1.165, 1.54) is 31.4 Å². The number of benzene rings is 1. The lowest BCUT2D eigenvalue weighted by atomic mass is 10.1. The minimum absolute atomic E-state index is 0.00360. The number of allylic oxidation sites excluding steroid dienone is 1. The molecule has 0 aliphatic carbocycles. The Labute approximate surface area is 137 Å². The van der Waals surface area contributed by atoms with Crippen LogP contribution >= 0.6 is 0 Å². The lowest BCUT2D eigenvalue weighted by Gasteiger charge is -2.33. The molecule has 0 aromatic heterocycles. The standard InChI is InChI=1S/C16H19F3N2O3/c1-3-4-5-12-10-15(23,16(17,18)19)21(20-12)14(22)11-6-8-13(24-2)9-7-11/h6-10,20,23H,3-5H2,1-2H3/t15-/m1/s1. The van der Waals surface area contributed by atoms with E-state index >= 15 is 0 Å². The Morgan fingerprint density at radius 1 is 1.33 bits per heavy atom. The molecule has 0 spiro atoms. The molecule has 2 rings (SSSR count). The second kappa shape index (κ2) is 6.72. The number of amides is 1. The molecule has 1 atom stereocenters. The van der Waals surface area contributed by atoms with E-state index in [0.717, 1.165) is 6.42 Å². The molecular weight excluding hydrogens is 325 g/mol. The van der Waals surface area contributed by atoms with Crippen LogP contribution in [-0.2, 0) is 0 Å². The van der Waals surface area contributed by atoms with Crippen molar-refractivity contribution < 1.29 is 27.8 Å². The van der Waals surface area contributed by atoms with Gasteiger partial charge in [-0.1, -0.05) is 13.3 Å². The molecule has 1 aliphatic rings. The first kappa shape index (κ1) is 18.1. The van der Waals surface area contributed by atoms with Gasteiger partial charge in [0.25, 0.3) is 11.6 Å². The molecule has 2 N–H and O–H groups in total. The summed E-state index contributed by atoms with van der Waals surface area (Å²) in [4.78, 5) is 12.5. The summed E-state index contributed by atoms with van der Waals surface area (Å²) in [5.74, 6) is -0.519. The summed E-state index contributed by atoms with van der Waals surface area (Å²) in [7, 11) is 1.44. The molecule has 0 unspecified atom stereocenters. The average molecular weight is 344 g/mol. The van der Waals surface area contributed by atoms with Crippen molar-refractivity contribution >= 4 is 5.91 Å². The fraction of sp³-hybridized carbons (Fsp3) is 0.438. The number of hydrazine groups is 1. The van der Waals surface area contributed by atoms with Crippen LogP contribution in [0.1, 0.15) is 36.5 Å². The maximum atomic E-state index is 13.3. The van der Waals surface area contributed by atoms with Gasteiger partial charge >= 0.3 is 6.18 Å². The Balaban J connectivity index is 2.31. The fourth-order valence-electron chi connectivity index (χ4n) is 2.34. The highest BCUT2D eigenvalue weighted by Crippen LogP contribution is 2.39. The largest absolute Gasteiger partial charge is 0.497 e. The van der Waals surface area contributed by atoms with E-state index < -0.39 is 17.8 Å². The van der Waals surface area contributed by atoms with Gasteiger partial charge in [0.1, 0.15) is 5.75 Å². The molecule has 8 heteroatoms. The molecule has 0 saturated carbocycles. The molecule has 1 heterocycles. The van der Waals surface area contributed by atoms with E-state index in [2.05, 4.69) is 5.43 Å². The Morgan fingerprint density at radius 3 is 2.46 bits per heavy atom. The van der Waals surface area contributed by atoms with E-state index in [4.69, 9.17) is 4.74 Å². The first-order valence-electron chi connectivity index (χ1n) is 7.49. The van der Waals surface area contributed by atoms with Crippen molar-refractivity contribution in [2.45, 2.75) is 38.1 Å². The Morgan fingerprint density at radius 2 is 1.96 bits per heavy atom. The molecule has 1 amide bonds. The Bertz CT molecular complexity index is 628. The summed E-state index contributed by atoms with van der Waals surface area (Å²) in [5, 5.41) is 10.3. The number of halogens is 3. The minimum Gasteiger partial charge on any atom is -0.497 e. The van der Waals surface area contributed by atoms with Gasteiger partial charge in [-0.05, 0) is 43.2 Å². The number of carbonyl (C=O) groups excluding carboxylic acids is 1. The van der Waals surface area contributed by atoms with Gasteiger partial charge in [-0.2, -0.15) is 13.2 Å². The first-order valence-corrected chi connectivity index (χ1v) is 7.49. The van der Waals surface area contributed by atoms with Gasteiger partial charge in [0.05, 0.1) is 7.11 Å². The topological polar surface area (TPSA) is 61.8 Å². The van der Waals surface area contributed by atoms with Gasteiger partial charge in [0, 0.05) is 11.3 Å². The van der Waals surface area contributed by atoms with Crippen LogP contribution < -0.4 is 10.2 Å². The third-order valence-electron chi connectivity index (χ3n) is 3.73. The minimum atomic E-state index is -5.03. The summed E-state index contributed by atoms with van der Waals surface area (Å²) in [6.45, 7) is 1.89. The molecule has 1 aromatic carbocycles. The van der Waals surface area contributed by atoms with Gasteiger partial charge in [0.2, 0.25) is 0 Å². The summed E-state index contributed by atoms with van der Waals surface area (Å²) in [6, 6.07) is 5.59. The van der Waals surface area contributed by atoms with Crippen molar-refractivity contribution in [1.29, 1.82) is 0 Å². The van der Waals surface area contributed by atoms with Crippen LogP contribution in [0, 0.1) is 0 Å². The van der Waals surface area contributed by atoms with E-state index in [1.807, 2.05) is 6.92 Å². The number of nitrogens with one attached hydrogen (secondary N) is 1. The van der Waals surface area contributed by atoms with E-state index in [9.17, 15) is 23.1 Å². The summed E-state index contributed by atoms with van der Waals surface area (Å²) < 4.78 is 45.0. The highest BCUT2D eigenvalue weighted by atomic mass is 19.4. The van der Waals surface area contributed by atoms with Crippen molar-refractivity contribution in [2.75, 3.05) is 7.11 Å². The number of carbonyl (C=O) groups is 1. The van der Waals surface area contributed by atoms with Crippen molar-refractivity contribution in [2.24, 2.45) is 0 Å². The quantitative estimate of drug-likeness (QED) is 0.862. The van der Waals surface area contributed by atoms with Gasteiger partial charge in [-0.3, -0.25) is 10.2 Å². The second-order valence-corrected chi connectivity index (χ2v) is 5.48. The van der Waals surface area contributed by atoms with Gasteiger partial charge in [-0.25, -0.2) is 5.01 Å². The van der Waals surface area contributed by atoms with Crippen LogP contribution in [0.4, 0.5) is 13.2 Å². The van der Waals surface area contributed by atoms with Crippen molar-refractivity contribution in [1.82, 2.24) is 10.4 Å². The van der Waals surface area contributed by atoms with Crippen LogP contribution in [0.5, 0.6) is 5.75 Å². The van der Waals surface area contributed by atoms with E-state index in [-0.39, 0.29) is 16.3 Å². The van der Waals surface area contributed by atoms with Crippen LogP contribution in [0.2, 0.25) is 0 Å². The molecule has 24 heavy (non-hydrogen) atoms. The molecule has 0 bridgehead atoms. The van der Waals surface area contributed by atoms with Crippen LogP contribution in [0.15, 0.2) is 36.0 Å². The number of alkyl halides is 3. The number of hydrogen-bond acceptors (Lipinski definition) is 4. The lowest BCUT2D eigenvalue weighted by molar-refractivity contribution is -0.283. The molecule has 132 valence electrons. The zero-order valence-electron chi connectivity index (χ0n) is 13.4. The van der Waals surface area contributed by atoms with Gasteiger partial charge in [-0.15, -0.1) is 0 Å². The van der Waals surface area contributed by atoms with E-state index in [0.29, 0.717) is 24.7 Å². The molecule has 1 aromatic rings. The van der Waals surface area contributed by atoms with Gasteiger partial charge < -0.3 is 9.84 Å². The number of nitrogens with zero attached hydrogens (tertiary/aromatic N) is 1. The van der Waals surface area contributed by atoms with Crippen LogP contribution in [0.25, 0.3) is 0 Å². The lowest BCUT2D eigenvalue weighted by Crippen LogP contribution is -2.60. The number of hydrogen-bond donors (Lipinski definition) is 2. The average Bonchev–Trinajstić information content (AvgIpc) is 2.90. The SMILES string of the molecule is CCCCC1=C[C@@](O)(C(F)(F)F)N(C(=O)c2ccc(OC)cc2)N1. The maximum absolute atomic E-state index is 13.3. The monoisotopic (exact) mass is 344 g/mol. The maximum Gasteiger partial charge on any atom is 0.442 e. The zero-order valence-corrected chi connectivity index (χ0v) is 13.4. The Hall–Kier alpha value is -2.22. The zero-order chi connectivity index (χ0) is 18.0. The molecular formula is C16H19F3N2O3.